The molecule has 0 bridgehead atoms. The molecule has 4 heteroatoms. The molecule has 0 saturated heterocycles. The first-order chi connectivity index (χ1) is 10.3. The van der Waals surface area contributed by atoms with E-state index in [1.165, 1.54) is 19.3 Å². The highest BCUT2D eigenvalue weighted by molar-refractivity contribution is 5.45. The van der Waals surface area contributed by atoms with Crippen molar-refractivity contribution in [3.63, 3.8) is 0 Å². The Morgan fingerprint density at radius 1 is 1.43 bits per heavy atom. The second kappa shape index (κ2) is 8.04. The maximum absolute atomic E-state index is 9.28. The maximum atomic E-state index is 9.28. The van der Waals surface area contributed by atoms with Gasteiger partial charge in [-0.05, 0) is 36.6 Å². The van der Waals surface area contributed by atoms with Crippen LogP contribution in [0.25, 0.3) is 0 Å². The lowest BCUT2D eigenvalue weighted by atomic mass is 9.91. The minimum Gasteiger partial charge on any atom is -0.497 e. The predicted molar refractivity (Wildman–Crippen MR) is 84.1 cm³/mol. The lowest BCUT2D eigenvalue weighted by molar-refractivity contribution is 0.0944. The summed E-state index contributed by atoms with van der Waals surface area (Å²) >= 11 is 0. The molecule has 2 rings (SSSR count). The van der Waals surface area contributed by atoms with E-state index in [-0.39, 0.29) is 6.61 Å². The van der Waals surface area contributed by atoms with Crippen LogP contribution in [0.1, 0.15) is 30.4 Å². The van der Waals surface area contributed by atoms with Crippen molar-refractivity contribution in [1.29, 1.82) is 0 Å². The first kappa shape index (κ1) is 15.8. The van der Waals surface area contributed by atoms with Gasteiger partial charge in [-0.2, -0.15) is 0 Å². The quantitative estimate of drug-likeness (QED) is 0.776. The summed E-state index contributed by atoms with van der Waals surface area (Å²) in [7, 11) is 1.67. The molecule has 0 radical (unpaired) electrons. The summed E-state index contributed by atoms with van der Waals surface area (Å²) in [6, 6.07) is 6.51. The van der Waals surface area contributed by atoms with Gasteiger partial charge in [-0.3, -0.25) is 4.90 Å². The van der Waals surface area contributed by atoms with Gasteiger partial charge in [0.15, 0.2) is 0 Å². The second-order valence-electron chi connectivity index (χ2n) is 5.31. The Balaban J connectivity index is 2.21. The standard InChI is InChI=1S/C17H24N2O2/c1-21-17-8-7-14(4-3-9-18)15(12-17)13-19(10-11-20)16-5-2-6-16/h7-8,12,16,20H,2,5-6,9-11,13,18H2,1H3. The van der Waals surface area contributed by atoms with E-state index in [2.05, 4.69) is 16.7 Å². The summed E-state index contributed by atoms with van der Waals surface area (Å²) in [4.78, 5) is 2.34. The molecule has 1 aliphatic carbocycles. The Morgan fingerprint density at radius 2 is 2.24 bits per heavy atom. The van der Waals surface area contributed by atoms with E-state index in [9.17, 15) is 5.11 Å². The summed E-state index contributed by atoms with van der Waals surface area (Å²) in [6.07, 6.45) is 3.71. The van der Waals surface area contributed by atoms with Crippen molar-refractivity contribution in [2.75, 3.05) is 26.8 Å². The fraction of sp³-hybridized carbons (Fsp3) is 0.529. The SMILES string of the molecule is COc1ccc(C#CCN)c(CN(CCO)C2CCC2)c1. The van der Waals surface area contributed by atoms with Crippen LogP contribution >= 0.6 is 0 Å². The second-order valence-corrected chi connectivity index (χ2v) is 5.31. The zero-order chi connectivity index (χ0) is 15.1. The highest BCUT2D eigenvalue weighted by Crippen LogP contribution is 2.27. The van der Waals surface area contributed by atoms with Gasteiger partial charge < -0.3 is 15.6 Å². The van der Waals surface area contributed by atoms with Gasteiger partial charge in [-0.15, -0.1) is 0 Å². The average molecular weight is 288 g/mol. The lowest BCUT2D eigenvalue weighted by Crippen LogP contribution is -2.41. The highest BCUT2D eigenvalue weighted by Gasteiger charge is 2.25. The Kier molecular flexibility index (Phi) is 6.06. The number of nitrogens with zero attached hydrogens (tertiary/aromatic N) is 1. The van der Waals surface area contributed by atoms with Gasteiger partial charge in [0.1, 0.15) is 5.75 Å². The smallest absolute Gasteiger partial charge is 0.119 e. The molecule has 114 valence electrons. The molecule has 0 amide bonds. The minimum absolute atomic E-state index is 0.185. The van der Waals surface area contributed by atoms with Crippen LogP contribution < -0.4 is 10.5 Å². The third-order valence-electron chi connectivity index (χ3n) is 3.99. The third-order valence-corrected chi connectivity index (χ3v) is 3.99. The van der Waals surface area contributed by atoms with Gasteiger partial charge in [0, 0.05) is 24.7 Å². The molecule has 1 saturated carbocycles. The van der Waals surface area contributed by atoms with Gasteiger partial charge >= 0.3 is 0 Å². The van der Waals surface area contributed by atoms with Gasteiger partial charge in [0.2, 0.25) is 0 Å². The lowest BCUT2D eigenvalue weighted by Gasteiger charge is -2.37. The number of aliphatic hydroxyl groups excluding tert-OH is 1. The van der Waals surface area contributed by atoms with Gasteiger partial charge in [0.25, 0.3) is 0 Å². The molecular weight excluding hydrogens is 264 g/mol. The van der Waals surface area contributed by atoms with Crippen molar-refractivity contribution in [2.24, 2.45) is 5.73 Å². The van der Waals surface area contributed by atoms with E-state index in [4.69, 9.17) is 10.5 Å². The number of ether oxygens (including phenoxy) is 1. The van der Waals surface area contributed by atoms with Crippen molar-refractivity contribution in [3.05, 3.63) is 29.3 Å². The van der Waals surface area contributed by atoms with E-state index in [1.807, 2.05) is 18.2 Å². The van der Waals surface area contributed by atoms with Crippen LogP contribution in [-0.4, -0.2) is 42.9 Å². The Hall–Kier alpha value is -1.54. The maximum Gasteiger partial charge on any atom is 0.119 e. The molecule has 0 spiro atoms. The average Bonchev–Trinajstić information content (AvgIpc) is 2.44. The Bertz CT molecular complexity index is 515. The molecule has 1 aromatic carbocycles. The molecule has 1 aliphatic rings. The molecule has 4 nitrogen and oxygen atoms in total. The van der Waals surface area contributed by atoms with Crippen LogP contribution in [0.4, 0.5) is 0 Å². The van der Waals surface area contributed by atoms with Gasteiger partial charge in [0.05, 0.1) is 20.3 Å². The number of aliphatic hydroxyl groups is 1. The van der Waals surface area contributed by atoms with E-state index >= 15 is 0 Å². The molecule has 1 fully saturated rings. The number of nitrogens with two attached hydrogens (primary N) is 1. The zero-order valence-corrected chi connectivity index (χ0v) is 12.6. The normalized spacial score (nSPS) is 14.5. The molecule has 0 aliphatic heterocycles. The first-order valence-corrected chi connectivity index (χ1v) is 7.49. The molecule has 3 N–H and O–H groups in total. The number of benzene rings is 1. The van der Waals surface area contributed by atoms with Crippen LogP contribution in [0.5, 0.6) is 5.75 Å². The molecular formula is C17H24N2O2. The Labute approximate surface area is 126 Å². The summed E-state index contributed by atoms with van der Waals surface area (Å²) in [6.45, 7) is 2.03. The largest absolute Gasteiger partial charge is 0.497 e. The molecule has 0 heterocycles. The number of hydrogen-bond acceptors (Lipinski definition) is 4. The van der Waals surface area contributed by atoms with Crippen LogP contribution in [0, 0.1) is 11.8 Å². The summed E-state index contributed by atoms with van der Waals surface area (Å²) in [5.74, 6) is 6.88. The van der Waals surface area contributed by atoms with E-state index in [0.717, 1.165) is 23.4 Å². The Morgan fingerprint density at radius 3 is 2.81 bits per heavy atom. The van der Waals surface area contributed by atoms with Crippen LogP contribution in [0.2, 0.25) is 0 Å². The van der Waals surface area contributed by atoms with Crippen LogP contribution in [-0.2, 0) is 6.54 Å². The van der Waals surface area contributed by atoms with Crippen molar-refractivity contribution in [1.82, 2.24) is 4.90 Å². The van der Waals surface area contributed by atoms with Crippen LogP contribution in [0.15, 0.2) is 18.2 Å². The van der Waals surface area contributed by atoms with Crippen molar-refractivity contribution >= 4 is 0 Å². The molecule has 1 aromatic rings. The number of hydrogen-bond donors (Lipinski definition) is 2. The first-order valence-electron chi connectivity index (χ1n) is 7.49. The fourth-order valence-electron chi connectivity index (χ4n) is 2.59. The van der Waals surface area contributed by atoms with Crippen molar-refractivity contribution in [3.8, 4) is 17.6 Å². The van der Waals surface area contributed by atoms with E-state index in [1.54, 1.807) is 7.11 Å². The third kappa shape index (κ3) is 4.21. The number of methoxy groups -OCH3 is 1. The number of rotatable bonds is 6. The van der Waals surface area contributed by atoms with Gasteiger partial charge in [-0.25, -0.2) is 0 Å². The van der Waals surface area contributed by atoms with Gasteiger partial charge in [-0.1, -0.05) is 18.3 Å². The van der Waals surface area contributed by atoms with Crippen LogP contribution in [0.3, 0.4) is 0 Å². The minimum atomic E-state index is 0.185. The molecule has 0 atom stereocenters. The summed E-state index contributed by atoms with van der Waals surface area (Å²) in [5, 5.41) is 9.28. The molecule has 0 unspecified atom stereocenters. The molecule has 21 heavy (non-hydrogen) atoms. The van der Waals surface area contributed by atoms with Crippen molar-refractivity contribution < 1.29 is 9.84 Å². The predicted octanol–water partition coefficient (Wildman–Crippen LogP) is 1.35. The summed E-state index contributed by atoms with van der Waals surface area (Å²) < 4.78 is 5.32. The van der Waals surface area contributed by atoms with E-state index < -0.39 is 0 Å². The fourth-order valence-corrected chi connectivity index (χ4v) is 2.59. The summed E-state index contributed by atoms with van der Waals surface area (Å²) in [5.41, 5.74) is 7.59. The van der Waals surface area contributed by atoms with E-state index in [0.29, 0.717) is 19.1 Å². The highest BCUT2D eigenvalue weighted by atomic mass is 16.5. The topological polar surface area (TPSA) is 58.7 Å². The zero-order valence-electron chi connectivity index (χ0n) is 12.6. The molecule has 0 aromatic heterocycles. The van der Waals surface area contributed by atoms with Crippen molar-refractivity contribution in [2.45, 2.75) is 31.8 Å². The monoisotopic (exact) mass is 288 g/mol.